The Morgan fingerprint density at radius 1 is 1.15 bits per heavy atom. The van der Waals surface area contributed by atoms with Gasteiger partial charge in [-0.05, 0) is 50.2 Å². The van der Waals surface area contributed by atoms with E-state index in [2.05, 4.69) is 50.4 Å². The molecule has 1 nitrogen and oxygen atoms in total. The Balaban J connectivity index is 1.88. The number of hydrogen-bond acceptors (Lipinski definition) is 1. The van der Waals surface area contributed by atoms with E-state index in [9.17, 15) is 0 Å². The lowest BCUT2D eigenvalue weighted by Crippen LogP contribution is -2.31. The van der Waals surface area contributed by atoms with E-state index in [-0.39, 0.29) is 0 Å². The van der Waals surface area contributed by atoms with Crippen molar-refractivity contribution >= 4 is 0 Å². The van der Waals surface area contributed by atoms with Crippen LogP contribution in [0.2, 0.25) is 0 Å². The molecule has 1 saturated carbocycles. The number of hydrogen-bond donors (Lipinski definition) is 1. The predicted molar refractivity (Wildman–Crippen MR) is 88.0 cm³/mol. The molecule has 1 N–H and O–H groups in total. The van der Waals surface area contributed by atoms with E-state index in [1.165, 1.54) is 56.1 Å². The van der Waals surface area contributed by atoms with E-state index in [0.717, 1.165) is 5.92 Å². The van der Waals surface area contributed by atoms with Crippen LogP contribution in [0, 0.1) is 12.8 Å². The van der Waals surface area contributed by atoms with E-state index < -0.39 is 0 Å². The van der Waals surface area contributed by atoms with Crippen molar-refractivity contribution in [3.05, 3.63) is 35.4 Å². The van der Waals surface area contributed by atoms with Gasteiger partial charge in [0.1, 0.15) is 0 Å². The summed E-state index contributed by atoms with van der Waals surface area (Å²) < 4.78 is 0. The molecule has 1 aliphatic rings. The zero-order valence-electron chi connectivity index (χ0n) is 13.5. The molecule has 0 saturated heterocycles. The predicted octanol–water partition coefficient (Wildman–Crippen LogP) is 5.39. The van der Waals surface area contributed by atoms with Crippen LogP contribution in [0.4, 0.5) is 0 Å². The van der Waals surface area contributed by atoms with Gasteiger partial charge in [0, 0.05) is 12.1 Å². The fourth-order valence-corrected chi connectivity index (χ4v) is 3.76. The molecule has 3 atom stereocenters. The topological polar surface area (TPSA) is 12.0 Å². The van der Waals surface area contributed by atoms with E-state index in [1.54, 1.807) is 0 Å². The third kappa shape index (κ3) is 4.34. The van der Waals surface area contributed by atoms with E-state index in [1.807, 2.05) is 0 Å². The minimum absolute atomic E-state index is 0.476. The average molecular weight is 273 g/mol. The van der Waals surface area contributed by atoms with Gasteiger partial charge in [-0.1, -0.05) is 56.9 Å². The first-order valence-corrected chi connectivity index (χ1v) is 8.52. The van der Waals surface area contributed by atoms with Crippen LogP contribution in [0.15, 0.2) is 24.3 Å². The molecule has 1 aromatic carbocycles. The summed E-state index contributed by atoms with van der Waals surface area (Å²) in [6.07, 6.45) is 9.78. The maximum atomic E-state index is 3.88. The second kappa shape index (κ2) is 7.83. The highest BCUT2D eigenvalue weighted by Gasteiger charge is 2.20. The van der Waals surface area contributed by atoms with Gasteiger partial charge in [0.25, 0.3) is 0 Å². The largest absolute Gasteiger partial charge is 0.307 e. The van der Waals surface area contributed by atoms with Gasteiger partial charge in [-0.15, -0.1) is 0 Å². The van der Waals surface area contributed by atoms with Gasteiger partial charge in [-0.3, -0.25) is 0 Å². The summed E-state index contributed by atoms with van der Waals surface area (Å²) in [6, 6.07) is 9.97. The zero-order chi connectivity index (χ0) is 14.4. The molecule has 20 heavy (non-hydrogen) atoms. The molecule has 0 spiro atoms. The normalized spacial score (nSPS) is 25.1. The summed E-state index contributed by atoms with van der Waals surface area (Å²) in [6.45, 7) is 6.86. The molecule has 2 rings (SSSR count). The molecule has 0 amide bonds. The number of aryl methyl sites for hydroxylation is 1. The fourth-order valence-electron chi connectivity index (χ4n) is 3.76. The van der Waals surface area contributed by atoms with Crippen LogP contribution in [-0.4, -0.2) is 6.04 Å². The Labute approximate surface area is 125 Å². The van der Waals surface area contributed by atoms with E-state index in [4.69, 9.17) is 0 Å². The van der Waals surface area contributed by atoms with Gasteiger partial charge in [-0.2, -0.15) is 0 Å². The zero-order valence-corrected chi connectivity index (χ0v) is 13.5. The molecule has 0 heterocycles. The van der Waals surface area contributed by atoms with E-state index in [0.29, 0.717) is 12.1 Å². The monoisotopic (exact) mass is 273 g/mol. The standard InChI is InChI=1S/C19H31N/c1-4-8-17-10-7-11-18(14-13-17)20-16(3)19-12-6-5-9-15(19)2/h5-6,9,12,16-18,20H,4,7-8,10-11,13-14H2,1-3H3. The third-order valence-electron chi connectivity index (χ3n) is 4.93. The first-order chi connectivity index (χ1) is 9.70. The average Bonchev–Trinajstić information content (AvgIpc) is 2.65. The molecule has 3 unspecified atom stereocenters. The Kier molecular flexibility index (Phi) is 6.09. The lowest BCUT2D eigenvalue weighted by Gasteiger charge is -2.23. The Morgan fingerprint density at radius 3 is 2.70 bits per heavy atom. The van der Waals surface area contributed by atoms with E-state index >= 15 is 0 Å². The summed E-state index contributed by atoms with van der Waals surface area (Å²) in [5.41, 5.74) is 2.87. The van der Waals surface area contributed by atoms with Crippen molar-refractivity contribution in [1.82, 2.24) is 5.32 Å². The Morgan fingerprint density at radius 2 is 1.95 bits per heavy atom. The lowest BCUT2D eigenvalue weighted by molar-refractivity contribution is 0.392. The summed E-state index contributed by atoms with van der Waals surface area (Å²) in [5.74, 6) is 0.987. The molecule has 1 aliphatic carbocycles. The van der Waals surface area contributed by atoms with Crippen LogP contribution in [0.5, 0.6) is 0 Å². The van der Waals surface area contributed by atoms with Crippen molar-refractivity contribution in [2.75, 3.05) is 0 Å². The summed E-state index contributed by atoms with van der Waals surface area (Å²) in [5, 5.41) is 3.88. The molecule has 0 radical (unpaired) electrons. The number of benzene rings is 1. The van der Waals surface area contributed by atoms with Crippen molar-refractivity contribution in [3.63, 3.8) is 0 Å². The Bertz CT molecular complexity index is 399. The van der Waals surface area contributed by atoms with Crippen LogP contribution in [0.3, 0.4) is 0 Å². The van der Waals surface area contributed by atoms with Crippen LogP contribution in [0.25, 0.3) is 0 Å². The third-order valence-corrected chi connectivity index (χ3v) is 4.93. The minimum atomic E-state index is 0.476. The molecule has 0 bridgehead atoms. The number of nitrogens with one attached hydrogen (secondary N) is 1. The number of rotatable bonds is 5. The van der Waals surface area contributed by atoms with Crippen molar-refractivity contribution in [1.29, 1.82) is 0 Å². The van der Waals surface area contributed by atoms with Crippen LogP contribution < -0.4 is 5.32 Å². The molecular formula is C19H31N. The van der Waals surface area contributed by atoms with Crippen LogP contribution in [-0.2, 0) is 0 Å². The molecule has 1 fully saturated rings. The van der Waals surface area contributed by atoms with Gasteiger partial charge < -0.3 is 5.32 Å². The molecule has 0 aromatic heterocycles. The maximum Gasteiger partial charge on any atom is 0.0296 e. The second-order valence-corrected chi connectivity index (χ2v) is 6.60. The van der Waals surface area contributed by atoms with Gasteiger partial charge >= 0.3 is 0 Å². The first-order valence-electron chi connectivity index (χ1n) is 8.52. The van der Waals surface area contributed by atoms with Crippen LogP contribution >= 0.6 is 0 Å². The summed E-state index contributed by atoms with van der Waals surface area (Å²) >= 11 is 0. The summed E-state index contributed by atoms with van der Waals surface area (Å²) in [4.78, 5) is 0. The van der Waals surface area contributed by atoms with Crippen molar-refractivity contribution in [2.45, 2.75) is 77.8 Å². The molecular weight excluding hydrogens is 242 g/mol. The highest BCUT2D eigenvalue weighted by atomic mass is 14.9. The quantitative estimate of drug-likeness (QED) is 0.709. The van der Waals surface area contributed by atoms with Crippen molar-refractivity contribution in [3.8, 4) is 0 Å². The van der Waals surface area contributed by atoms with Gasteiger partial charge in [0.15, 0.2) is 0 Å². The van der Waals surface area contributed by atoms with Crippen LogP contribution in [0.1, 0.15) is 76.0 Å². The molecule has 1 heteroatoms. The minimum Gasteiger partial charge on any atom is -0.307 e. The molecule has 1 aromatic rings. The fraction of sp³-hybridized carbons (Fsp3) is 0.684. The van der Waals surface area contributed by atoms with Crippen molar-refractivity contribution in [2.24, 2.45) is 5.92 Å². The van der Waals surface area contributed by atoms with Crippen molar-refractivity contribution < 1.29 is 0 Å². The smallest absolute Gasteiger partial charge is 0.0296 e. The maximum absolute atomic E-state index is 3.88. The van der Waals surface area contributed by atoms with Gasteiger partial charge in [-0.25, -0.2) is 0 Å². The highest BCUT2D eigenvalue weighted by Crippen LogP contribution is 2.28. The first kappa shape index (κ1) is 15.6. The lowest BCUT2D eigenvalue weighted by atomic mass is 9.95. The highest BCUT2D eigenvalue weighted by molar-refractivity contribution is 5.28. The van der Waals surface area contributed by atoms with Gasteiger partial charge in [0.2, 0.25) is 0 Å². The second-order valence-electron chi connectivity index (χ2n) is 6.60. The molecule has 112 valence electrons. The SMILES string of the molecule is CCCC1CCCC(NC(C)c2ccccc2C)CC1. The summed E-state index contributed by atoms with van der Waals surface area (Å²) in [7, 11) is 0. The Hall–Kier alpha value is -0.820. The molecule has 0 aliphatic heterocycles. The van der Waals surface area contributed by atoms with Gasteiger partial charge in [0.05, 0.1) is 0 Å².